The van der Waals surface area contributed by atoms with Crippen molar-refractivity contribution in [1.82, 2.24) is 5.43 Å². The van der Waals surface area contributed by atoms with E-state index in [1.54, 1.807) is 6.07 Å². The highest BCUT2D eigenvalue weighted by Crippen LogP contribution is 2.34. The van der Waals surface area contributed by atoms with Crippen LogP contribution in [-0.4, -0.2) is 18.8 Å². The van der Waals surface area contributed by atoms with Crippen molar-refractivity contribution >= 4 is 11.6 Å². The molecule has 0 saturated heterocycles. The van der Waals surface area contributed by atoms with Gasteiger partial charge in [-0.15, -0.1) is 0 Å². The first-order valence-electron chi connectivity index (χ1n) is 7.14. The molecule has 1 aliphatic rings. The molecule has 0 heterocycles. The highest BCUT2D eigenvalue weighted by Gasteiger charge is 2.31. The van der Waals surface area contributed by atoms with E-state index in [1.807, 2.05) is 6.92 Å². The van der Waals surface area contributed by atoms with Crippen molar-refractivity contribution < 1.29 is 9.13 Å². The molecule has 1 saturated carbocycles. The Morgan fingerprint density at radius 2 is 2.25 bits per heavy atom. The molecule has 3 nitrogen and oxygen atoms in total. The third-order valence-corrected chi connectivity index (χ3v) is 4.29. The molecule has 20 heavy (non-hydrogen) atoms. The molecule has 0 radical (unpaired) electrons. The molecule has 0 amide bonds. The van der Waals surface area contributed by atoms with Crippen molar-refractivity contribution in [2.45, 2.75) is 44.8 Å². The summed E-state index contributed by atoms with van der Waals surface area (Å²) in [7, 11) is 0. The fourth-order valence-corrected chi connectivity index (χ4v) is 3.01. The normalized spacial score (nSPS) is 23.4. The summed E-state index contributed by atoms with van der Waals surface area (Å²) in [6, 6.07) is 4.56. The van der Waals surface area contributed by atoms with Crippen molar-refractivity contribution in [3.63, 3.8) is 0 Å². The van der Waals surface area contributed by atoms with E-state index in [0.29, 0.717) is 23.5 Å². The maximum atomic E-state index is 13.3. The van der Waals surface area contributed by atoms with Crippen molar-refractivity contribution in [3.05, 3.63) is 34.6 Å². The van der Waals surface area contributed by atoms with Gasteiger partial charge in [0.25, 0.3) is 0 Å². The Morgan fingerprint density at radius 1 is 1.50 bits per heavy atom. The maximum Gasteiger partial charge on any atom is 0.123 e. The third kappa shape index (κ3) is 4.16. The van der Waals surface area contributed by atoms with Crippen LogP contribution in [-0.2, 0) is 11.2 Å². The van der Waals surface area contributed by atoms with E-state index in [-0.39, 0.29) is 11.9 Å². The second kappa shape index (κ2) is 7.36. The van der Waals surface area contributed by atoms with E-state index in [4.69, 9.17) is 22.2 Å². The second-order valence-electron chi connectivity index (χ2n) is 5.45. The number of halogens is 2. The van der Waals surface area contributed by atoms with E-state index < -0.39 is 0 Å². The molecule has 0 bridgehead atoms. The number of hydrogen-bond acceptors (Lipinski definition) is 3. The van der Waals surface area contributed by atoms with Gasteiger partial charge in [0.05, 0.1) is 6.10 Å². The Kier molecular flexibility index (Phi) is 5.78. The smallest absolute Gasteiger partial charge is 0.123 e. The molecular weight excluding hydrogens is 279 g/mol. The van der Waals surface area contributed by atoms with Gasteiger partial charge in [-0.25, -0.2) is 4.39 Å². The van der Waals surface area contributed by atoms with Gasteiger partial charge in [0.15, 0.2) is 0 Å². The van der Waals surface area contributed by atoms with E-state index in [2.05, 4.69) is 5.43 Å². The zero-order chi connectivity index (χ0) is 14.5. The van der Waals surface area contributed by atoms with Crippen molar-refractivity contribution in [1.29, 1.82) is 0 Å². The minimum Gasteiger partial charge on any atom is -0.378 e. The Balaban J connectivity index is 1.85. The number of hydrogen-bond donors (Lipinski definition) is 2. The molecule has 0 aromatic heterocycles. The highest BCUT2D eigenvalue weighted by molar-refractivity contribution is 6.31. The van der Waals surface area contributed by atoms with Crippen LogP contribution in [0.5, 0.6) is 0 Å². The molecule has 1 atom stereocenters. The number of nitrogens with one attached hydrogen (secondary N) is 1. The SMILES string of the molecule is CCOC1CC(CC(Cc2cc(F)ccc2Cl)NN)C1. The summed E-state index contributed by atoms with van der Waals surface area (Å²) in [5, 5.41) is 0.590. The molecule has 1 aromatic carbocycles. The molecule has 1 aromatic rings. The largest absolute Gasteiger partial charge is 0.378 e. The Hall–Kier alpha value is -0.680. The molecule has 2 rings (SSSR count). The minimum absolute atomic E-state index is 0.113. The van der Waals surface area contributed by atoms with Gasteiger partial charge >= 0.3 is 0 Å². The predicted octanol–water partition coefficient (Wildman–Crippen LogP) is 3.06. The van der Waals surface area contributed by atoms with Crippen LogP contribution >= 0.6 is 11.6 Å². The Morgan fingerprint density at radius 3 is 2.90 bits per heavy atom. The zero-order valence-electron chi connectivity index (χ0n) is 11.7. The summed E-state index contributed by atoms with van der Waals surface area (Å²) >= 11 is 6.09. The fraction of sp³-hybridized carbons (Fsp3) is 0.600. The lowest BCUT2D eigenvalue weighted by Crippen LogP contribution is -2.42. The minimum atomic E-state index is -0.264. The monoisotopic (exact) mass is 300 g/mol. The number of nitrogens with two attached hydrogens (primary N) is 1. The van der Waals surface area contributed by atoms with Crippen LogP contribution in [0, 0.1) is 11.7 Å². The van der Waals surface area contributed by atoms with Crippen LogP contribution in [0.1, 0.15) is 31.7 Å². The van der Waals surface area contributed by atoms with Crippen LogP contribution in [0.4, 0.5) is 4.39 Å². The van der Waals surface area contributed by atoms with Gasteiger partial charge in [-0.3, -0.25) is 11.3 Å². The molecule has 0 aliphatic heterocycles. The average molecular weight is 301 g/mol. The Bertz CT molecular complexity index is 438. The van der Waals surface area contributed by atoms with Crippen LogP contribution < -0.4 is 11.3 Å². The third-order valence-electron chi connectivity index (χ3n) is 3.92. The number of ether oxygens (including phenoxy) is 1. The lowest BCUT2D eigenvalue weighted by molar-refractivity contribution is -0.0290. The zero-order valence-corrected chi connectivity index (χ0v) is 12.5. The topological polar surface area (TPSA) is 47.3 Å². The first-order valence-corrected chi connectivity index (χ1v) is 7.51. The molecule has 3 N–H and O–H groups in total. The molecule has 1 fully saturated rings. The van der Waals surface area contributed by atoms with Crippen LogP contribution in [0.3, 0.4) is 0 Å². The fourth-order valence-electron chi connectivity index (χ4n) is 2.82. The summed E-state index contributed by atoms with van der Waals surface area (Å²) in [5.41, 5.74) is 3.62. The maximum absolute atomic E-state index is 13.3. The summed E-state index contributed by atoms with van der Waals surface area (Å²) in [5.74, 6) is 5.97. The number of benzene rings is 1. The first-order chi connectivity index (χ1) is 9.62. The predicted molar refractivity (Wildman–Crippen MR) is 79.0 cm³/mol. The standard InChI is InChI=1S/C15H22ClFN2O/c1-2-20-14-6-10(7-14)5-13(19-18)9-11-8-12(17)3-4-15(11)16/h3-4,8,10,13-14,19H,2,5-7,9,18H2,1H3. The molecule has 1 unspecified atom stereocenters. The highest BCUT2D eigenvalue weighted by atomic mass is 35.5. The van der Waals surface area contributed by atoms with Crippen molar-refractivity contribution in [3.8, 4) is 0 Å². The summed E-state index contributed by atoms with van der Waals surface area (Å²) < 4.78 is 18.8. The molecule has 1 aliphatic carbocycles. The van der Waals surface area contributed by atoms with Gasteiger partial charge in [0.1, 0.15) is 5.82 Å². The first kappa shape index (κ1) is 15.7. The van der Waals surface area contributed by atoms with E-state index >= 15 is 0 Å². The van der Waals surface area contributed by atoms with Crippen LogP contribution in [0.15, 0.2) is 18.2 Å². The van der Waals surface area contributed by atoms with E-state index in [9.17, 15) is 4.39 Å². The van der Waals surface area contributed by atoms with Crippen LogP contribution in [0.25, 0.3) is 0 Å². The lowest BCUT2D eigenvalue weighted by atomic mass is 9.77. The lowest BCUT2D eigenvalue weighted by Gasteiger charge is -2.37. The van der Waals surface area contributed by atoms with Gasteiger partial charge in [0, 0.05) is 17.7 Å². The van der Waals surface area contributed by atoms with E-state index in [0.717, 1.165) is 31.4 Å². The van der Waals surface area contributed by atoms with Gasteiger partial charge < -0.3 is 4.74 Å². The molecule has 0 spiro atoms. The van der Waals surface area contributed by atoms with E-state index in [1.165, 1.54) is 12.1 Å². The number of rotatable bonds is 7. The number of hydrazine groups is 1. The van der Waals surface area contributed by atoms with Gasteiger partial charge in [-0.2, -0.15) is 0 Å². The summed E-state index contributed by atoms with van der Waals surface area (Å²) in [6.07, 6.45) is 4.18. The molecule has 112 valence electrons. The van der Waals surface area contributed by atoms with Gasteiger partial charge in [-0.1, -0.05) is 11.6 Å². The van der Waals surface area contributed by atoms with Crippen molar-refractivity contribution in [2.75, 3.05) is 6.61 Å². The average Bonchev–Trinajstić information content (AvgIpc) is 2.39. The second-order valence-corrected chi connectivity index (χ2v) is 5.86. The van der Waals surface area contributed by atoms with Crippen LogP contribution in [0.2, 0.25) is 5.02 Å². The van der Waals surface area contributed by atoms with Gasteiger partial charge in [0.2, 0.25) is 0 Å². The molecular formula is C15H22ClFN2O. The Labute approximate surface area is 124 Å². The van der Waals surface area contributed by atoms with Gasteiger partial charge in [-0.05, 0) is 62.3 Å². The molecule has 5 heteroatoms. The quantitative estimate of drug-likeness (QED) is 0.601. The summed E-state index contributed by atoms with van der Waals surface area (Å²) in [6.45, 7) is 2.79. The summed E-state index contributed by atoms with van der Waals surface area (Å²) in [4.78, 5) is 0. The van der Waals surface area contributed by atoms with Crippen molar-refractivity contribution in [2.24, 2.45) is 11.8 Å².